The topological polar surface area (TPSA) is 75.1 Å². The van der Waals surface area contributed by atoms with Crippen molar-refractivity contribution in [1.82, 2.24) is 9.97 Å². The van der Waals surface area contributed by atoms with Gasteiger partial charge in [0.25, 0.3) is 0 Å². The normalized spacial score (nSPS) is 11.1. The van der Waals surface area contributed by atoms with Crippen LogP contribution in [0.3, 0.4) is 0 Å². The first-order chi connectivity index (χ1) is 8.51. The molecule has 96 valence electrons. The average molecular weight is 283 g/mol. The first-order valence-corrected chi connectivity index (χ1v) is 7.40. The number of carboxylic acid groups (broad SMARTS) is 1. The molecule has 0 saturated heterocycles. The summed E-state index contributed by atoms with van der Waals surface area (Å²) in [5, 5.41) is 13.7. The number of aromatic nitrogens is 2. The van der Waals surface area contributed by atoms with Crippen LogP contribution < -0.4 is 5.32 Å². The van der Waals surface area contributed by atoms with Crippen molar-refractivity contribution < 1.29 is 9.90 Å². The van der Waals surface area contributed by atoms with Crippen LogP contribution in [-0.4, -0.2) is 33.3 Å². The Hall–Kier alpha value is -1.34. The lowest BCUT2D eigenvalue weighted by Gasteiger charge is -2.10. The van der Waals surface area contributed by atoms with Crippen LogP contribution in [0.2, 0.25) is 0 Å². The first kappa shape index (κ1) is 13.1. The zero-order valence-electron chi connectivity index (χ0n) is 10.2. The van der Waals surface area contributed by atoms with Crippen LogP contribution in [0.1, 0.15) is 23.5 Å². The van der Waals surface area contributed by atoms with E-state index >= 15 is 0 Å². The van der Waals surface area contributed by atoms with Gasteiger partial charge in [-0.3, -0.25) is 0 Å². The number of carboxylic acids is 1. The van der Waals surface area contributed by atoms with Gasteiger partial charge in [-0.15, -0.1) is 11.3 Å². The molecule has 2 heterocycles. The van der Waals surface area contributed by atoms with E-state index in [1.54, 1.807) is 6.07 Å². The summed E-state index contributed by atoms with van der Waals surface area (Å²) in [6.45, 7) is 4.02. The van der Waals surface area contributed by atoms with E-state index in [4.69, 9.17) is 5.11 Å². The molecule has 0 aliphatic carbocycles. The maximum atomic E-state index is 11.0. The van der Waals surface area contributed by atoms with Gasteiger partial charge in [-0.1, -0.05) is 11.8 Å². The van der Waals surface area contributed by atoms with E-state index in [1.807, 2.05) is 20.1 Å². The largest absolute Gasteiger partial charge is 0.477 e. The Labute approximate surface area is 113 Å². The molecule has 0 amide bonds. The van der Waals surface area contributed by atoms with E-state index in [-0.39, 0.29) is 10.9 Å². The third-order valence-electron chi connectivity index (χ3n) is 2.19. The van der Waals surface area contributed by atoms with Gasteiger partial charge in [0.2, 0.25) is 0 Å². The third-order valence-corrected chi connectivity index (χ3v) is 3.76. The molecule has 0 spiro atoms. The van der Waals surface area contributed by atoms with Crippen LogP contribution in [-0.2, 0) is 0 Å². The number of rotatable bonds is 4. The van der Waals surface area contributed by atoms with Crippen LogP contribution in [0.4, 0.5) is 5.82 Å². The number of nitrogens with zero attached hydrogens (tertiary/aromatic N) is 2. The predicted octanol–water partition coefficient (Wildman–Crippen LogP) is 2.93. The zero-order valence-corrected chi connectivity index (χ0v) is 11.9. The number of carbonyl (C=O) groups is 1. The molecule has 5 nitrogen and oxygen atoms in total. The molecule has 2 aromatic rings. The summed E-state index contributed by atoms with van der Waals surface area (Å²) in [5.41, 5.74) is 0. The standard InChI is InChI=1S/C11H13N3O2S2/c1-5(2)12-8-6-4-7(10(15)16)18-9(6)14-11(13-8)17-3/h4-5H,1-3H3,(H,15,16)(H,12,13,14). The summed E-state index contributed by atoms with van der Waals surface area (Å²) >= 11 is 2.61. The number of thioether (sulfide) groups is 1. The lowest BCUT2D eigenvalue weighted by Crippen LogP contribution is -2.11. The first-order valence-electron chi connectivity index (χ1n) is 5.36. The number of hydrogen-bond acceptors (Lipinski definition) is 6. The Morgan fingerprint density at radius 2 is 2.22 bits per heavy atom. The molecule has 0 radical (unpaired) electrons. The number of nitrogens with one attached hydrogen (secondary N) is 1. The van der Waals surface area contributed by atoms with Gasteiger partial charge in [0.1, 0.15) is 15.5 Å². The van der Waals surface area contributed by atoms with Crippen LogP contribution in [0, 0.1) is 0 Å². The van der Waals surface area contributed by atoms with Gasteiger partial charge in [0.05, 0.1) is 5.39 Å². The summed E-state index contributed by atoms with van der Waals surface area (Å²) in [4.78, 5) is 20.7. The van der Waals surface area contributed by atoms with Gasteiger partial charge in [-0.25, -0.2) is 14.8 Å². The Kier molecular flexibility index (Phi) is 3.72. The van der Waals surface area contributed by atoms with Crippen molar-refractivity contribution in [3.05, 3.63) is 10.9 Å². The Morgan fingerprint density at radius 1 is 1.50 bits per heavy atom. The van der Waals surface area contributed by atoms with Crippen LogP contribution in [0.15, 0.2) is 11.2 Å². The van der Waals surface area contributed by atoms with Gasteiger partial charge < -0.3 is 10.4 Å². The van der Waals surface area contributed by atoms with Crippen LogP contribution in [0.5, 0.6) is 0 Å². The lowest BCUT2D eigenvalue weighted by atomic mass is 10.3. The van der Waals surface area contributed by atoms with Crippen molar-refractivity contribution in [1.29, 1.82) is 0 Å². The second-order valence-corrected chi connectivity index (χ2v) is 5.80. The summed E-state index contributed by atoms with van der Waals surface area (Å²) in [5.74, 6) is -0.234. The van der Waals surface area contributed by atoms with Crippen molar-refractivity contribution in [2.24, 2.45) is 0 Å². The maximum Gasteiger partial charge on any atom is 0.345 e. The van der Waals surface area contributed by atoms with Gasteiger partial charge in [0.15, 0.2) is 5.16 Å². The van der Waals surface area contributed by atoms with E-state index in [2.05, 4.69) is 15.3 Å². The zero-order chi connectivity index (χ0) is 13.3. The summed E-state index contributed by atoms with van der Waals surface area (Å²) in [6.07, 6.45) is 1.89. The Bertz CT molecular complexity index is 595. The van der Waals surface area contributed by atoms with E-state index in [0.717, 1.165) is 5.39 Å². The van der Waals surface area contributed by atoms with E-state index in [1.165, 1.54) is 23.1 Å². The molecule has 7 heteroatoms. The predicted molar refractivity (Wildman–Crippen MR) is 74.9 cm³/mol. The van der Waals surface area contributed by atoms with Gasteiger partial charge in [-0.2, -0.15) is 0 Å². The molecular formula is C11H13N3O2S2. The molecule has 2 rings (SSSR count). The third kappa shape index (κ3) is 2.56. The fourth-order valence-corrected chi connectivity index (χ4v) is 2.77. The Balaban J connectivity index is 2.61. The average Bonchev–Trinajstić information content (AvgIpc) is 2.72. The highest BCUT2D eigenvalue weighted by atomic mass is 32.2. The quantitative estimate of drug-likeness (QED) is 0.664. The van der Waals surface area contributed by atoms with Gasteiger partial charge in [-0.05, 0) is 26.2 Å². The second-order valence-electron chi connectivity index (χ2n) is 3.99. The van der Waals surface area contributed by atoms with Crippen molar-refractivity contribution >= 4 is 45.1 Å². The van der Waals surface area contributed by atoms with E-state index in [9.17, 15) is 4.79 Å². The molecule has 0 saturated carbocycles. The second kappa shape index (κ2) is 5.11. The minimum Gasteiger partial charge on any atom is -0.477 e. The number of hydrogen-bond donors (Lipinski definition) is 2. The molecule has 0 aromatic carbocycles. The summed E-state index contributed by atoms with van der Waals surface area (Å²) in [6, 6.07) is 1.85. The van der Waals surface area contributed by atoms with Crippen molar-refractivity contribution in [2.75, 3.05) is 11.6 Å². The number of thiophene rings is 1. The van der Waals surface area contributed by atoms with Gasteiger partial charge >= 0.3 is 5.97 Å². The molecule has 18 heavy (non-hydrogen) atoms. The molecule has 2 aromatic heterocycles. The lowest BCUT2D eigenvalue weighted by molar-refractivity contribution is 0.0702. The highest BCUT2D eigenvalue weighted by molar-refractivity contribution is 7.98. The highest BCUT2D eigenvalue weighted by Gasteiger charge is 2.15. The summed E-state index contributed by atoms with van der Waals surface area (Å²) in [7, 11) is 0. The van der Waals surface area contributed by atoms with Crippen LogP contribution in [0.25, 0.3) is 10.2 Å². The molecule has 0 unspecified atom stereocenters. The molecule has 0 fully saturated rings. The molecule has 2 N–H and O–H groups in total. The number of anilines is 1. The maximum absolute atomic E-state index is 11.0. The van der Waals surface area contributed by atoms with Crippen molar-refractivity contribution in [3.63, 3.8) is 0 Å². The summed E-state index contributed by atoms with van der Waals surface area (Å²) < 4.78 is 0. The van der Waals surface area contributed by atoms with E-state index in [0.29, 0.717) is 15.8 Å². The Morgan fingerprint density at radius 3 is 2.78 bits per heavy atom. The fraction of sp³-hybridized carbons (Fsp3) is 0.364. The monoisotopic (exact) mass is 283 g/mol. The molecule has 0 aliphatic heterocycles. The highest BCUT2D eigenvalue weighted by Crippen LogP contribution is 2.31. The fourth-order valence-electron chi connectivity index (χ4n) is 1.48. The number of fused-ring (bicyclic) bond motifs is 1. The smallest absolute Gasteiger partial charge is 0.345 e. The van der Waals surface area contributed by atoms with E-state index < -0.39 is 5.97 Å². The SMILES string of the molecule is CSc1nc(NC(C)C)c2cc(C(=O)O)sc2n1. The molecular weight excluding hydrogens is 270 g/mol. The number of aromatic carboxylic acids is 1. The minimum absolute atomic E-state index is 0.228. The minimum atomic E-state index is -0.931. The molecule has 0 atom stereocenters. The van der Waals surface area contributed by atoms with Crippen molar-refractivity contribution in [3.8, 4) is 0 Å². The van der Waals surface area contributed by atoms with Crippen LogP contribution >= 0.6 is 23.1 Å². The molecule has 0 aliphatic rings. The molecule has 0 bridgehead atoms. The van der Waals surface area contributed by atoms with Crippen molar-refractivity contribution in [2.45, 2.75) is 25.0 Å². The van der Waals surface area contributed by atoms with Gasteiger partial charge in [0, 0.05) is 6.04 Å².